The molecule has 1 aliphatic heterocycles. The fourth-order valence-electron chi connectivity index (χ4n) is 4.37. The number of nitrogens with zero attached hydrogens (tertiary/aromatic N) is 2. The van der Waals surface area contributed by atoms with Gasteiger partial charge >= 0.3 is 5.97 Å². The highest BCUT2D eigenvalue weighted by atomic mass is 32.1. The van der Waals surface area contributed by atoms with Crippen molar-refractivity contribution >= 4 is 23.2 Å². The molecule has 1 atom stereocenters. The SMILES string of the molecule is CCOC(=O)c1nc(-c2cc(C(=O)NC3CCCCC3)c(C)n2C2CCCO2)cs1. The van der Waals surface area contributed by atoms with Gasteiger partial charge in [0.15, 0.2) is 0 Å². The number of carbonyl (C=O) groups excluding carboxylic acids is 2. The maximum absolute atomic E-state index is 13.1. The van der Waals surface area contributed by atoms with Gasteiger partial charge in [0.1, 0.15) is 6.23 Å². The van der Waals surface area contributed by atoms with Gasteiger partial charge in [-0.05, 0) is 45.6 Å². The molecule has 2 aromatic heterocycles. The van der Waals surface area contributed by atoms with Gasteiger partial charge in [-0.3, -0.25) is 4.79 Å². The molecule has 2 aliphatic rings. The van der Waals surface area contributed by atoms with Crippen LogP contribution in [0.5, 0.6) is 0 Å². The summed E-state index contributed by atoms with van der Waals surface area (Å²) >= 11 is 1.26. The van der Waals surface area contributed by atoms with Gasteiger partial charge in [-0.15, -0.1) is 11.3 Å². The fraction of sp³-hybridized carbons (Fsp3) is 0.591. The summed E-state index contributed by atoms with van der Waals surface area (Å²) in [5.74, 6) is -0.464. The number of carbonyl (C=O) groups is 2. The lowest BCUT2D eigenvalue weighted by Gasteiger charge is -2.23. The summed E-state index contributed by atoms with van der Waals surface area (Å²) in [6, 6.07) is 2.13. The average molecular weight is 432 g/mol. The highest BCUT2D eigenvalue weighted by molar-refractivity contribution is 7.11. The third-order valence-electron chi connectivity index (χ3n) is 5.89. The van der Waals surface area contributed by atoms with Crippen LogP contribution in [-0.4, -0.2) is 40.7 Å². The summed E-state index contributed by atoms with van der Waals surface area (Å²) in [4.78, 5) is 29.6. The number of thiazole rings is 1. The van der Waals surface area contributed by atoms with E-state index in [-0.39, 0.29) is 18.2 Å². The minimum Gasteiger partial charge on any atom is -0.461 e. The second-order valence-corrected chi connectivity index (χ2v) is 8.79. The summed E-state index contributed by atoms with van der Waals surface area (Å²) in [6.07, 6.45) is 7.42. The number of hydrogen-bond donors (Lipinski definition) is 1. The van der Waals surface area contributed by atoms with Gasteiger partial charge in [0, 0.05) is 23.7 Å². The normalized spacial score (nSPS) is 19.7. The third kappa shape index (κ3) is 4.30. The predicted octanol–water partition coefficient (Wildman–Crippen LogP) is 4.47. The van der Waals surface area contributed by atoms with E-state index in [9.17, 15) is 9.59 Å². The quantitative estimate of drug-likeness (QED) is 0.683. The average Bonchev–Trinajstić information content (AvgIpc) is 3.48. The van der Waals surface area contributed by atoms with Crippen LogP contribution in [0.25, 0.3) is 11.4 Å². The molecule has 2 fully saturated rings. The molecule has 1 amide bonds. The van der Waals surface area contributed by atoms with Crippen LogP contribution >= 0.6 is 11.3 Å². The van der Waals surface area contributed by atoms with Gasteiger partial charge in [-0.25, -0.2) is 9.78 Å². The van der Waals surface area contributed by atoms with Crippen LogP contribution in [0.1, 0.15) is 84.0 Å². The van der Waals surface area contributed by atoms with Gasteiger partial charge in [0.25, 0.3) is 5.91 Å². The lowest BCUT2D eigenvalue weighted by Crippen LogP contribution is -2.36. The number of amides is 1. The van der Waals surface area contributed by atoms with E-state index in [4.69, 9.17) is 9.47 Å². The molecule has 0 bridgehead atoms. The summed E-state index contributed by atoms with van der Waals surface area (Å²) < 4.78 is 13.1. The van der Waals surface area contributed by atoms with Crippen molar-refractivity contribution in [3.05, 3.63) is 27.7 Å². The predicted molar refractivity (Wildman–Crippen MR) is 115 cm³/mol. The van der Waals surface area contributed by atoms with Crippen molar-refractivity contribution in [1.29, 1.82) is 0 Å². The molecule has 0 spiro atoms. The molecular weight excluding hydrogens is 402 g/mol. The van der Waals surface area contributed by atoms with Crippen LogP contribution in [0.15, 0.2) is 11.4 Å². The Morgan fingerprint density at radius 2 is 2.07 bits per heavy atom. The zero-order chi connectivity index (χ0) is 21.1. The molecule has 162 valence electrons. The molecule has 7 nitrogen and oxygen atoms in total. The molecule has 2 aromatic rings. The third-order valence-corrected chi connectivity index (χ3v) is 6.71. The lowest BCUT2D eigenvalue weighted by molar-refractivity contribution is 0.0526. The van der Waals surface area contributed by atoms with Crippen molar-refractivity contribution in [2.75, 3.05) is 13.2 Å². The highest BCUT2D eigenvalue weighted by Gasteiger charge is 2.28. The number of esters is 1. The standard InChI is InChI=1S/C22H29N3O4S/c1-3-28-22(27)21-24-17(13-30-21)18-12-16(14(2)25(18)19-10-7-11-29-19)20(26)23-15-8-5-4-6-9-15/h12-13,15,19H,3-11H2,1-2H3,(H,23,26). The molecule has 1 aliphatic carbocycles. The first kappa shape index (κ1) is 21.1. The van der Waals surface area contributed by atoms with Crippen LogP contribution in [-0.2, 0) is 9.47 Å². The van der Waals surface area contributed by atoms with Gasteiger partial charge in [0.2, 0.25) is 5.01 Å². The van der Waals surface area contributed by atoms with Gasteiger partial charge in [0.05, 0.1) is 23.6 Å². The van der Waals surface area contributed by atoms with Gasteiger partial charge < -0.3 is 19.4 Å². The Labute approximate surface area is 180 Å². The molecule has 3 heterocycles. The Balaban J connectivity index is 1.66. The van der Waals surface area contributed by atoms with Gasteiger partial charge in [-0.2, -0.15) is 0 Å². The number of aromatic nitrogens is 2. The largest absolute Gasteiger partial charge is 0.461 e. The molecule has 1 unspecified atom stereocenters. The first-order valence-electron chi connectivity index (χ1n) is 10.9. The summed E-state index contributed by atoms with van der Waals surface area (Å²) in [5, 5.41) is 5.37. The van der Waals surface area contributed by atoms with Crippen molar-refractivity contribution in [2.24, 2.45) is 0 Å². The van der Waals surface area contributed by atoms with Crippen molar-refractivity contribution in [2.45, 2.75) is 71.1 Å². The molecule has 0 aromatic carbocycles. The zero-order valence-corrected chi connectivity index (χ0v) is 18.4. The van der Waals surface area contributed by atoms with E-state index < -0.39 is 5.97 Å². The summed E-state index contributed by atoms with van der Waals surface area (Å²) in [5.41, 5.74) is 2.99. The molecule has 1 saturated carbocycles. The first-order chi connectivity index (χ1) is 14.6. The van der Waals surface area contributed by atoms with E-state index in [1.807, 2.05) is 18.4 Å². The Kier molecular flexibility index (Phi) is 6.53. The monoisotopic (exact) mass is 431 g/mol. The molecular formula is C22H29N3O4S. The number of ether oxygens (including phenoxy) is 2. The summed E-state index contributed by atoms with van der Waals surface area (Å²) in [7, 11) is 0. The van der Waals surface area contributed by atoms with Crippen LogP contribution in [0.3, 0.4) is 0 Å². The number of nitrogens with one attached hydrogen (secondary N) is 1. The smallest absolute Gasteiger partial charge is 0.367 e. The second-order valence-electron chi connectivity index (χ2n) is 7.93. The molecule has 8 heteroatoms. The Bertz CT molecular complexity index is 908. The fourth-order valence-corrected chi connectivity index (χ4v) is 5.07. The van der Waals surface area contributed by atoms with E-state index in [1.165, 1.54) is 30.6 Å². The van der Waals surface area contributed by atoms with Crippen molar-refractivity contribution in [3.63, 3.8) is 0 Å². The lowest BCUT2D eigenvalue weighted by atomic mass is 9.95. The Hall–Kier alpha value is -2.19. The topological polar surface area (TPSA) is 82.5 Å². The molecule has 4 rings (SSSR count). The Morgan fingerprint density at radius 1 is 1.27 bits per heavy atom. The zero-order valence-electron chi connectivity index (χ0n) is 17.6. The minimum atomic E-state index is -0.420. The molecule has 1 N–H and O–H groups in total. The highest BCUT2D eigenvalue weighted by Crippen LogP contribution is 2.35. The molecule has 30 heavy (non-hydrogen) atoms. The maximum Gasteiger partial charge on any atom is 0.367 e. The van der Waals surface area contributed by atoms with E-state index in [0.717, 1.165) is 37.1 Å². The second kappa shape index (κ2) is 9.31. The maximum atomic E-state index is 13.1. The van der Waals surface area contributed by atoms with Crippen molar-refractivity contribution in [3.8, 4) is 11.4 Å². The number of rotatable bonds is 6. The molecule has 0 radical (unpaired) electrons. The van der Waals surface area contributed by atoms with Crippen molar-refractivity contribution < 1.29 is 19.1 Å². The van der Waals surface area contributed by atoms with E-state index >= 15 is 0 Å². The van der Waals surface area contributed by atoms with Crippen LogP contribution in [0.4, 0.5) is 0 Å². The van der Waals surface area contributed by atoms with Crippen LogP contribution < -0.4 is 5.32 Å². The first-order valence-corrected chi connectivity index (χ1v) is 11.7. The van der Waals surface area contributed by atoms with Crippen LogP contribution in [0.2, 0.25) is 0 Å². The minimum absolute atomic E-state index is 0.0433. The van der Waals surface area contributed by atoms with Crippen molar-refractivity contribution in [1.82, 2.24) is 14.9 Å². The van der Waals surface area contributed by atoms with E-state index in [1.54, 1.807) is 6.92 Å². The van der Waals surface area contributed by atoms with E-state index in [2.05, 4.69) is 14.9 Å². The number of hydrogen-bond acceptors (Lipinski definition) is 6. The summed E-state index contributed by atoms with van der Waals surface area (Å²) in [6.45, 7) is 4.75. The van der Waals surface area contributed by atoms with E-state index in [0.29, 0.717) is 29.5 Å². The van der Waals surface area contributed by atoms with Gasteiger partial charge in [-0.1, -0.05) is 19.3 Å². The van der Waals surface area contributed by atoms with Crippen LogP contribution in [0, 0.1) is 6.92 Å². The Morgan fingerprint density at radius 3 is 2.77 bits per heavy atom. The molecule has 1 saturated heterocycles.